The molecule has 0 spiro atoms. The smallest absolute Gasteiger partial charge is 0.306 e. The third kappa shape index (κ3) is 9.22. The monoisotopic (exact) mass is 622 g/mol. The van der Waals surface area contributed by atoms with Crippen LogP contribution < -0.4 is 0 Å². The van der Waals surface area contributed by atoms with E-state index >= 15 is 0 Å². The van der Waals surface area contributed by atoms with E-state index in [1.54, 1.807) is 6.07 Å². The second-order valence-corrected chi connectivity index (χ2v) is 8.67. The summed E-state index contributed by atoms with van der Waals surface area (Å²) in [4.78, 5) is 45.1. The minimum Gasteiger partial charge on any atom is -0.467 e. The number of rotatable bonds is 16. The Hall–Kier alpha value is -3.00. The minimum absolute atomic E-state index is 0.0946. The van der Waals surface area contributed by atoms with Crippen LogP contribution in [0, 0.1) is 26.9 Å². The van der Waals surface area contributed by atoms with E-state index in [0.29, 0.717) is 3.57 Å². The fourth-order valence-electron chi connectivity index (χ4n) is 3.15. The standard InChI is InChI=1S/C24H22F3IO8/c25-20-4-3-18(19(24(20)27)8-16-1-2-17(28)9-21(16)26)22(31)12-33-5-6-36-23(32)7-15(10-34-13-29)11-35-14-30/h1-4,9,13-15H,5-8,10-12H2. The summed E-state index contributed by atoms with van der Waals surface area (Å²) in [7, 11) is 0. The Morgan fingerprint density at radius 2 is 1.64 bits per heavy atom. The minimum atomic E-state index is -1.25. The summed E-state index contributed by atoms with van der Waals surface area (Å²) in [5, 5.41) is 0. The first-order valence-electron chi connectivity index (χ1n) is 10.5. The van der Waals surface area contributed by atoms with Crippen molar-refractivity contribution in [1.82, 2.24) is 0 Å². The van der Waals surface area contributed by atoms with Gasteiger partial charge in [-0.25, -0.2) is 13.2 Å². The molecule has 0 heterocycles. The predicted octanol–water partition coefficient (Wildman–Crippen LogP) is 3.39. The molecule has 0 fully saturated rings. The zero-order valence-corrected chi connectivity index (χ0v) is 21.0. The number of carbonyl (C=O) groups is 4. The molecule has 0 aliphatic carbocycles. The quantitative estimate of drug-likeness (QED) is 0.0701. The Balaban J connectivity index is 1.90. The van der Waals surface area contributed by atoms with E-state index in [1.165, 1.54) is 12.1 Å². The molecule has 0 aliphatic rings. The maximum Gasteiger partial charge on any atom is 0.306 e. The molecule has 2 aromatic carbocycles. The van der Waals surface area contributed by atoms with Crippen molar-refractivity contribution in [3.05, 3.63) is 68.0 Å². The van der Waals surface area contributed by atoms with Gasteiger partial charge in [-0.15, -0.1) is 0 Å². The average Bonchev–Trinajstić information content (AvgIpc) is 2.84. The number of halogens is 4. The van der Waals surface area contributed by atoms with Gasteiger partial charge < -0.3 is 18.9 Å². The molecule has 0 amide bonds. The van der Waals surface area contributed by atoms with Crippen molar-refractivity contribution in [1.29, 1.82) is 0 Å². The summed E-state index contributed by atoms with van der Waals surface area (Å²) in [5.74, 6) is -4.98. The van der Waals surface area contributed by atoms with Crippen LogP contribution in [0.15, 0.2) is 30.3 Å². The van der Waals surface area contributed by atoms with Gasteiger partial charge in [0, 0.05) is 27.0 Å². The van der Waals surface area contributed by atoms with Gasteiger partial charge in [0.25, 0.3) is 12.9 Å². The van der Waals surface area contributed by atoms with Gasteiger partial charge in [0.1, 0.15) is 19.0 Å². The highest BCUT2D eigenvalue weighted by molar-refractivity contribution is 14.1. The molecule has 0 saturated heterocycles. The Bertz CT molecular complexity index is 1070. The van der Waals surface area contributed by atoms with Crippen LogP contribution in [-0.2, 0) is 39.8 Å². The van der Waals surface area contributed by atoms with Crippen LogP contribution in [0.5, 0.6) is 0 Å². The van der Waals surface area contributed by atoms with Gasteiger partial charge in [-0.3, -0.25) is 19.2 Å². The highest BCUT2D eigenvalue weighted by Crippen LogP contribution is 2.23. The van der Waals surface area contributed by atoms with Gasteiger partial charge in [-0.05, 0) is 52.4 Å². The zero-order valence-electron chi connectivity index (χ0n) is 18.8. The number of benzene rings is 2. The number of hydrogen-bond donors (Lipinski definition) is 0. The van der Waals surface area contributed by atoms with Crippen LogP contribution >= 0.6 is 22.6 Å². The van der Waals surface area contributed by atoms with Crippen molar-refractivity contribution >= 4 is 47.3 Å². The summed E-state index contributed by atoms with van der Waals surface area (Å²) in [5.41, 5.74) is -0.356. The summed E-state index contributed by atoms with van der Waals surface area (Å²) in [6, 6.07) is 6.19. The Labute approximate surface area is 218 Å². The van der Waals surface area contributed by atoms with Gasteiger partial charge in [0.2, 0.25) is 0 Å². The van der Waals surface area contributed by atoms with Crippen LogP contribution in [0.3, 0.4) is 0 Å². The van der Waals surface area contributed by atoms with E-state index in [-0.39, 0.29) is 68.9 Å². The lowest BCUT2D eigenvalue weighted by atomic mass is 9.96. The van der Waals surface area contributed by atoms with Crippen LogP contribution in [-0.4, -0.2) is 57.7 Å². The van der Waals surface area contributed by atoms with E-state index in [1.807, 2.05) is 22.6 Å². The highest BCUT2D eigenvalue weighted by atomic mass is 127. The third-order valence-electron chi connectivity index (χ3n) is 4.86. The molecule has 0 saturated carbocycles. The van der Waals surface area contributed by atoms with Crippen LogP contribution in [0.4, 0.5) is 13.2 Å². The Morgan fingerprint density at radius 3 is 2.28 bits per heavy atom. The maximum absolute atomic E-state index is 14.5. The van der Waals surface area contributed by atoms with E-state index in [4.69, 9.17) is 9.47 Å². The molecule has 12 heteroatoms. The topological polar surface area (TPSA) is 105 Å². The second-order valence-electron chi connectivity index (χ2n) is 7.43. The van der Waals surface area contributed by atoms with E-state index in [0.717, 1.165) is 12.1 Å². The first-order chi connectivity index (χ1) is 17.3. The van der Waals surface area contributed by atoms with Crippen LogP contribution in [0.2, 0.25) is 0 Å². The largest absolute Gasteiger partial charge is 0.467 e. The van der Waals surface area contributed by atoms with Crippen molar-refractivity contribution in [2.75, 3.05) is 33.0 Å². The van der Waals surface area contributed by atoms with Crippen molar-refractivity contribution in [2.45, 2.75) is 12.8 Å². The van der Waals surface area contributed by atoms with Gasteiger partial charge >= 0.3 is 5.97 Å². The van der Waals surface area contributed by atoms with Gasteiger partial charge in [0.15, 0.2) is 17.4 Å². The molecular formula is C24H22F3IO8. The van der Waals surface area contributed by atoms with E-state index < -0.39 is 41.7 Å². The SMILES string of the molecule is O=COCC(COC=O)CC(=O)OCCOCC(=O)c1ccc(F)c(F)c1Cc1ccc(I)cc1F. The molecule has 0 bridgehead atoms. The molecule has 194 valence electrons. The Morgan fingerprint density at radius 1 is 0.944 bits per heavy atom. The predicted molar refractivity (Wildman–Crippen MR) is 127 cm³/mol. The summed E-state index contributed by atoms with van der Waals surface area (Å²) >= 11 is 1.91. The van der Waals surface area contributed by atoms with Gasteiger partial charge in [0.05, 0.1) is 26.2 Å². The molecule has 0 aromatic heterocycles. The summed E-state index contributed by atoms with van der Waals surface area (Å²) in [6.07, 6.45) is -0.540. The lowest BCUT2D eigenvalue weighted by molar-refractivity contribution is -0.149. The van der Waals surface area contributed by atoms with Gasteiger partial charge in [-0.1, -0.05) is 6.07 Å². The van der Waals surface area contributed by atoms with E-state index in [9.17, 15) is 32.3 Å². The van der Waals surface area contributed by atoms with Crippen LogP contribution in [0.1, 0.15) is 27.9 Å². The fraction of sp³-hybridized carbons (Fsp3) is 0.333. The van der Waals surface area contributed by atoms with Crippen molar-refractivity contribution < 1.29 is 51.3 Å². The molecule has 0 unspecified atom stereocenters. The molecule has 2 aromatic rings. The lowest BCUT2D eigenvalue weighted by Gasteiger charge is -2.14. The summed E-state index contributed by atoms with van der Waals surface area (Å²) in [6.45, 7) is -0.837. The first-order valence-corrected chi connectivity index (χ1v) is 11.6. The maximum atomic E-state index is 14.5. The Kier molecular flexibility index (Phi) is 12.3. The third-order valence-corrected chi connectivity index (χ3v) is 5.53. The zero-order chi connectivity index (χ0) is 26.5. The molecule has 0 N–H and O–H groups in total. The van der Waals surface area contributed by atoms with Crippen LogP contribution in [0.25, 0.3) is 0 Å². The molecule has 0 aliphatic heterocycles. The number of Topliss-reactive ketones (excluding diaryl/α,β-unsaturated/α-hetero) is 1. The summed E-state index contributed by atoms with van der Waals surface area (Å²) < 4.78 is 62.5. The van der Waals surface area contributed by atoms with Gasteiger partial charge in [-0.2, -0.15) is 0 Å². The van der Waals surface area contributed by atoms with Crippen molar-refractivity contribution in [2.24, 2.45) is 5.92 Å². The molecule has 8 nitrogen and oxygen atoms in total. The second kappa shape index (κ2) is 15.2. The molecule has 36 heavy (non-hydrogen) atoms. The molecule has 0 radical (unpaired) electrons. The number of esters is 1. The average molecular weight is 622 g/mol. The number of ketones is 1. The van der Waals surface area contributed by atoms with Crippen molar-refractivity contribution in [3.8, 4) is 0 Å². The molecule has 0 atom stereocenters. The lowest BCUT2D eigenvalue weighted by Crippen LogP contribution is -2.22. The molecule has 2 rings (SSSR count). The number of ether oxygens (including phenoxy) is 4. The first kappa shape index (κ1) is 29.2. The van der Waals surface area contributed by atoms with Crippen molar-refractivity contribution in [3.63, 3.8) is 0 Å². The number of carbonyl (C=O) groups excluding carboxylic acids is 4. The fourth-order valence-corrected chi connectivity index (χ4v) is 3.60. The highest BCUT2D eigenvalue weighted by Gasteiger charge is 2.21. The molecular weight excluding hydrogens is 600 g/mol. The van der Waals surface area contributed by atoms with E-state index in [2.05, 4.69) is 9.47 Å². The number of hydrogen-bond acceptors (Lipinski definition) is 8. The normalized spacial score (nSPS) is 10.7.